The summed E-state index contributed by atoms with van der Waals surface area (Å²) in [5, 5.41) is 0. The molecule has 0 unspecified atom stereocenters. The van der Waals surface area contributed by atoms with Crippen molar-refractivity contribution in [2.75, 3.05) is 0 Å². The number of aromatic nitrogens is 1. The van der Waals surface area contributed by atoms with Crippen LogP contribution < -0.4 is 0 Å². The summed E-state index contributed by atoms with van der Waals surface area (Å²) in [6, 6.07) is 12.8. The lowest BCUT2D eigenvalue weighted by Gasteiger charge is -2.15. The van der Waals surface area contributed by atoms with E-state index in [4.69, 9.17) is 0 Å². The second kappa shape index (κ2) is 6.74. The SMILES string of the molecule is C=C(Cc1ccncc1)c1ccc(/C(C)=C/C(C)(C)C)cc1.[HH]. The molecule has 0 aliphatic carbocycles. The maximum atomic E-state index is 4.22. The van der Waals surface area contributed by atoms with E-state index in [0.717, 1.165) is 12.0 Å². The molecular weight excluding hydrogens is 266 g/mol. The molecule has 0 amide bonds. The van der Waals surface area contributed by atoms with Crippen molar-refractivity contribution in [2.45, 2.75) is 34.1 Å². The van der Waals surface area contributed by atoms with Gasteiger partial charge in [0.05, 0.1) is 0 Å². The predicted molar refractivity (Wildman–Crippen MR) is 98.6 cm³/mol. The van der Waals surface area contributed by atoms with Crippen LogP contribution in [0.1, 0.15) is 45.8 Å². The summed E-state index contributed by atoms with van der Waals surface area (Å²) in [5.74, 6) is 0. The quantitative estimate of drug-likeness (QED) is 0.670. The van der Waals surface area contributed by atoms with E-state index in [1.54, 1.807) is 0 Å². The molecular formula is C21H27N. The van der Waals surface area contributed by atoms with Crippen LogP contribution in [0.3, 0.4) is 0 Å². The van der Waals surface area contributed by atoms with Crippen LogP contribution >= 0.6 is 0 Å². The lowest BCUT2D eigenvalue weighted by molar-refractivity contribution is 0.545. The highest BCUT2D eigenvalue weighted by Gasteiger charge is 2.08. The van der Waals surface area contributed by atoms with Crippen molar-refractivity contribution in [3.05, 3.63) is 78.1 Å². The molecule has 0 fully saturated rings. The molecule has 1 nitrogen and oxygen atoms in total. The Labute approximate surface area is 135 Å². The fourth-order valence-electron chi connectivity index (χ4n) is 2.55. The predicted octanol–water partition coefficient (Wildman–Crippen LogP) is 6.03. The van der Waals surface area contributed by atoms with Crippen LogP contribution in [0.25, 0.3) is 11.1 Å². The molecule has 0 saturated carbocycles. The summed E-state index contributed by atoms with van der Waals surface area (Å²) < 4.78 is 0. The third-order valence-corrected chi connectivity index (χ3v) is 3.56. The second-order valence-electron chi connectivity index (χ2n) is 6.91. The van der Waals surface area contributed by atoms with Gasteiger partial charge in [-0.3, -0.25) is 4.98 Å². The van der Waals surface area contributed by atoms with Gasteiger partial charge in [-0.15, -0.1) is 0 Å². The standard InChI is InChI=1S/C21H25N.H2/c1-16(14-18-10-12-22-13-11-18)19-6-8-20(9-7-19)17(2)15-21(3,4)5;/h6-13,15H,1,14H2,2-5H3;1H/b17-15+;. The van der Waals surface area contributed by atoms with Gasteiger partial charge in [0, 0.05) is 13.8 Å². The van der Waals surface area contributed by atoms with Crippen LogP contribution in [-0.2, 0) is 6.42 Å². The molecule has 2 aromatic rings. The zero-order chi connectivity index (χ0) is 16.2. The van der Waals surface area contributed by atoms with Gasteiger partial charge in [0.2, 0.25) is 0 Å². The summed E-state index contributed by atoms with van der Waals surface area (Å²) in [7, 11) is 0. The number of allylic oxidation sites excluding steroid dienone is 3. The number of pyridine rings is 1. The number of hydrogen-bond donors (Lipinski definition) is 0. The first-order valence-electron chi connectivity index (χ1n) is 7.72. The third-order valence-electron chi connectivity index (χ3n) is 3.56. The van der Waals surface area contributed by atoms with E-state index in [1.165, 1.54) is 22.3 Å². The van der Waals surface area contributed by atoms with Gasteiger partial charge in [0.1, 0.15) is 0 Å². The maximum Gasteiger partial charge on any atom is 0.0270 e. The van der Waals surface area contributed by atoms with Crippen molar-refractivity contribution >= 4 is 11.1 Å². The van der Waals surface area contributed by atoms with Crippen LogP contribution in [0, 0.1) is 5.41 Å². The van der Waals surface area contributed by atoms with Gasteiger partial charge in [-0.25, -0.2) is 0 Å². The van der Waals surface area contributed by atoms with Crippen LogP contribution in [0.5, 0.6) is 0 Å². The highest BCUT2D eigenvalue weighted by Crippen LogP contribution is 2.25. The fraction of sp³-hybridized carbons (Fsp3) is 0.286. The number of hydrogen-bond acceptors (Lipinski definition) is 1. The molecule has 1 heterocycles. The molecule has 0 radical (unpaired) electrons. The molecule has 1 aromatic carbocycles. The summed E-state index contributed by atoms with van der Waals surface area (Å²) >= 11 is 0. The van der Waals surface area contributed by atoms with Crippen LogP contribution in [-0.4, -0.2) is 4.98 Å². The van der Waals surface area contributed by atoms with Crippen molar-refractivity contribution < 1.29 is 1.43 Å². The van der Waals surface area contributed by atoms with E-state index in [9.17, 15) is 0 Å². The molecule has 0 atom stereocenters. The number of nitrogens with zero attached hydrogens (tertiary/aromatic N) is 1. The monoisotopic (exact) mass is 293 g/mol. The Bertz CT molecular complexity index is 661. The van der Waals surface area contributed by atoms with E-state index in [-0.39, 0.29) is 6.84 Å². The largest absolute Gasteiger partial charge is 0.265 e. The molecule has 2 rings (SSSR count). The third kappa shape index (κ3) is 4.70. The van der Waals surface area contributed by atoms with Crippen LogP contribution in [0.2, 0.25) is 0 Å². The molecule has 0 spiro atoms. The lowest BCUT2D eigenvalue weighted by atomic mass is 9.91. The highest BCUT2D eigenvalue weighted by atomic mass is 14.6. The van der Waals surface area contributed by atoms with Crippen LogP contribution in [0.4, 0.5) is 0 Å². The van der Waals surface area contributed by atoms with Gasteiger partial charge in [0.15, 0.2) is 0 Å². The zero-order valence-electron chi connectivity index (χ0n) is 14.1. The minimum Gasteiger partial charge on any atom is -0.265 e. The smallest absolute Gasteiger partial charge is 0.0270 e. The van der Waals surface area contributed by atoms with Gasteiger partial charge in [0.25, 0.3) is 0 Å². The van der Waals surface area contributed by atoms with E-state index in [0.29, 0.717) is 0 Å². The Hall–Kier alpha value is -2.15. The molecule has 116 valence electrons. The summed E-state index contributed by atoms with van der Waals surface area (Å²) in [5.41, 5.74) is 6.37. The lowest BCUT2D eigenvalue weighted by Crippen LogP contribution is -2.00. The first kappa shape index (κ1) is 16.2. The van der Waals surface area contributed by atoms with E-state index in [1.807, 2.05) is 24.5 Å². The molecule has 22 heavy (non-hydrogen) atoms. The minimum absolute atomic E-state index is 0. The average molecular weight is 293 g/mol. The van der Waals surface area contributed by atoms with Crippen LogP contribution in [0.15, 0.2) is 61.4 Å². The van der Waals surface area contributed by atoms with Crippen molar-refractivity contribution in [1.29, 1.82) is 0 Å². The van der Waals surface area contributed by atoms with Crippen molar-refractivity contribution in [1.82, 2.24) is 4.98 Å². The van der Waals surface area contributed by atoms with Gasteiger partial charge in [-0.05, 0) is 58.7 Å². The Morgan fingerprint density at radius 1 is 1.05 bits per heavy atom. The molecule has 0 aliphatic rings. The Balaban J connectivity index is 0.00000264. The van der Waals surface area contributed by atoms with Crippen molar-refractivity contribution in [3.63, 3.8) is 0 Å². The average Bonchev–Trinajstić information content (AvgIpc) is 2.46. The zero-order valence-corrected chi connectivity index (χ0v) is 14.1. The summed E-state index contributed by atoms with van der Waals surface area (Å²) in [6.45, 7) is 13.1. The molecule has 0 saturated heterocycles. The van der Waals surface area contributed by atoms with Crippen molar-refractivity contribution in [3.8, 4) is 0 Å². The molecule has 0 aliphatic heterocycles. The molecule has 1 aromatic heterocycles. The van der Waals surface area contributed by atoms with Crippen molar-refractivity contribution in [2.24, 2.45) is 5.41 Å². The topological polar surface area (TPSA) is 12.9 Å². The summed E-state index contributed by atoms with van der Waals surface area (Å²) in [6.07, 6.45) is 6.82. The second-order valence-corrected chi connectivity index (χ2v) is 6.91. The number of benzene rings is 1. The van der Waals surface area contributed by atoms with E-state index >= 15 is 0 Å². The molecule has 0 N–H and O–H groups in total. The van der Waals surface area contributed by atoms with Gasteiger partial charge < -0.3 is 0 Å². The molecule has 0 bridgehead atoms. The van der Waals surface area contributed by atoms with E-state index < -0.39 is 0 Å². The first-order valence-corrected chi connectivity index (χ1v) is 7.72. The minimum atomic E-state index is 0. The Morgan fingerprint density at radius 2 is 1.59 bits per heavy atom. The van der Waals surface area contributed by atoms with E-state index in [2.05, 4.69) is 69.6 Å². The Morgan fingerprint density at radius 3 is 2.14 bits per heavy atom. The number of rotatable bonds is 4. The van der Waals surface area contributed by atoms with Gasteiger partial charge >= 0.3 is 0 Å². The maximum absolute atomic E-state index is 4.22. The normalized spacial score (nSPS) is 12.3. The van der Waals surface area contributed by atoms with Gasteiger partial charge in [-0.2, -0.15) is 0 Å². The molecule has 1 heteroatoms. The Kier molecular flexibility index (Phi) is 4.97. The summed E-state index contributed by atoms with van der Waals surface area (Å²) in [4.78, 5) is 4.05. The van der Waals surface area contributed by atoms with Gasteiger partial charge in [-0.1, -0.05) is 57.7 Å². The fourth-order valence-corrected chi connectivity index (χ4v) is 2.55. The highest BCUT2D eigenvalue weighted by molar-refractivity contribution is 5.70. The first-order chi connectivity index (χ1) is 10.3.